The van der Waals surface area contributed by atoms with Gasteiger partial charge in [0.05, 0.1) is 0 Å². The van der Waals surface area contributed by atoms with E-state index in [0.29, 0.717) is 5.41 Å². The molecule has 11 heavy (non-hydrogen) atoms. The average Bonchev–Trinajstić information content (AvgIpc) is 2.15. The van der Waals surface area contributed by atoms with Crippen LogP contribution in [0.1, 0.15) is 61.3 Å². The molecule has 0 heteroatoms. The zero-order chi connectivity index (χ0) is 8.20. The van der Waals surface area contributed by atoms with E-state index in [9.17, 15) is 0 Å². The van der Waals surface area contributed by atoms with E-state index in [0.717, 1.165) is 5.92 Å². The van der Waals surface area contributed by atoms with Gasteiger partial charge >= 0.3 is 0 Å². The first kappa shape index (κ1) is 13.6. The van der Waals surface area contributed by atoms with Crippen LogP contribution in [0.2, 0.25) is 0 Å². The molecule has 0 bridgehead atoms. The fourth-order valence-corrected chi connectivity index (χ4v) is 1.78. The molecule has 1 aliphatic rings. The van der Waals surface area contributed by atoms with Gasteiger partial charge in [-0.1, -0.05) is 48.5 Å². The molecule has 0 aromatic carbocycles. The summed E-state index contributed by atoms with van der Waals surface area (Å²) in [7, 11) is 0. The second-order valence-corrected chi connectivity index (χ2v) is 4.01. The van der Waals surface area contributed by atoms with Crippen molar-refractivity contribution in [2.75, 3.05) is 0 Å². The number of hydrogen-bond acceptors (Lipinski definition) is 0. The van der Waals surface area contributed by atoms with Crippen molar-refractivity contribution in [3.63, 3.8) is 0 Å². The molecular weight excluding hydrogens is 132 g/mol. The van der Waals surface area contributed by atoms with Gasteiger partial charge in [0.1, 0.15) is 0 Å². The third kappa shape index (κ3) is 5.29. The minimum Gasteiger partial charge on any atom is -0.0776 e. The highest BCUT2D eigenvalue weighted by Gasteiger charge is 2.27. The molecule has 0 radical (unpaired) electrons. The van der Waals surface area contributed by atoms with Crippen LogP contribution in [-0.2, 0) is 0 Å². The molecule has 0 heterocycles. The lowest BCUT2D eigenvalue weighted by atomic mass is 9.91. The Balaban J connectivity index is 0. The summed E-state index contributed by atoms with van der Waals surface area (Å²) in [6.45, 7) is 11.1. The smallest absolute Gasteiger partial charge is 0.0352 e. The van der Waals surface area contributed by atoms with Crippen LogP contribution in [0.4, 0.5) is 0 Å². The minimum absolute atomic E-state index is 0. The van der Waals surface area contributed by atoms with Crippen molar-refractivity contribution in [3.8, 4) is 0 Å². The molecule has 70 valence electrons. The molecule has 0 aliphatic heterocycles. The molecule has 0 spiro atoms. The fraction of sp³-hybridized carbons (Fsp3) is 1.00. The van der Waals surface area contributed by atoms with Crippen LogP contribution in [0, 0.1) is 11.3 Å². The lowest BCUT2D eigenvalue weighted by molar-refractivity contribution is 0.366. The van der Waals surface area contributed by atoms with Gasteiger partial charge in [-0.3, -0.25) is 0 Å². The Labute approximate surface area is 73.4 Å². The molecule has 1 unspecified atom stereocenters. The molecule has 0 aromatic heterocycles. The van der Waals surface area contributed by atoms with Gasteiger partial charge in [0, 0.05) is 0 Å². The van der Waals surface area contributed by atoms with Crippen molar-refractivity contribution < 1.29 is 0 Å². The second kappa shape index (κ2) is 5.62. The molecule has 1 atom stereocenters. The number of rotatable bonds is 0. The average molecular weight is 158 g/mol. The van der Waals surface area contributed by atoms with E-state index in [1.54, 1.807) is 0 Å². The van der Waals surface area contributed by atoms with Gasteiger partial charge in [-0.05, 0) is 24.2 Å². The summed E-state index contributed by atoms with van der Waals surface area (Å²) in [5.74, 6) is 0.991. The van der Waals surface area contributed by atoms with Gasteiger partial charge < -0.3 is 0 Å². The first-order valence-electron chi connectivity index (χ1n) is 4.60. The normalized spacial score (nSPS) is 26.5. The maximum Gasteiger partial charge on any atom is -0.0352 e. The highest BCUT2D eigenvalue weighted by atomic mass is 14.3. The maximum absolute atomic E-state index is 2.37. The van der Waals surface area contributed by atoms with E-state index in [2.05, 4.69) is 20.8 Å². The zero-order valence-electron chi connectivity index (χ0n) is 8.20. The third-order valence-corrected chi connectivity index (χ3v) is 2.21. The van der Waals surface area contributed by atoms with Crippen LogP contribution < -0.4 is 0 Å². The van der Waals surface area contributed by atoms with Crippen LogP contribution in [0.5, 0.6) is 0 Å². The Kier molecular flexibility index (Phi) is 6.94. The van der Waals surface area contributed by atoms with E-state index in [4.69, 9.17) is 0 Å². The van der Waals surface area contributed by atoms with Crippen molar-refractivity contribution in [2.45, 2.75) is 61.3 Å². The number of hydrogen-bond donors (Lipinski definition) is 0. The molecular formula is C11H26. The van der Waals surface area contributed by atoms with Crippen LogP contribution in [0.25, 0.3) is 0 Å². The summed E-state index contributed by atoms with van der Waals surface area (Å²) in [5.41, 5.74) is 0.666. The first-order valence-corrected chi connectivity index (χ1v) is 4.60. The van der Waals surface area contributed by atoms with Gasteiger partial charge in [-0.15, -0.1) is 0 Å². The predicted molar refractivity (Wildman–Crippen MR) is 54.9 cm³/mol. The fourth-order valence-electron chi connectivity index (χ4n) is 1.78. The first-order chi connectivity index (χ1) is 4.60. The summed E-state index contributed by atoms with van der Waals surface area (Å²) in [4.78, 5) is 0. The molecule has 0 amide bonds. The Morgan fingerprint density at radius 2 is 1.64 bits per heavy atom. The van der Waals surface area contributed by atoms with Gasteiger partial charge in [0.25, 0.3) is 0 Å². The van der Waals surface area contributed by atoms with E-state index < -0.39 is 0 Å². The Hall–Kier alpha value is 0. The molecule has 0 aromatic rings. The predicted octanol–water partition coefficient (Wildman–Crippen LogP) is 4.49. The molecule has 1 aliphatic carbocycles. The molecule has 1 fully saturated rings. The standard InChI is InChI=1S/C8H16.C2H6.CH4/c1-7-4-5-8(2,3)6-7;1-2;/h7H,4-6H2,1-3H3;1-2H3;1H4. The maximum atomic E-state index is 2.37. The summed E-state index contributed by atoms with van der Waals surface area (Å²) in [6, 6.07) is 0. The molecule has 0 N–H and O–H groups in total. The van der Waals surface area contributed by atoms with E-state index in [1.165, 1.54) is 19.3 Å². The van der Waals surface area contributed by atoms with Crippen molar-refractivity contribution in [2.24, 2.45) is 11.3 Å². The van der Waals surface area contributed by atoms with Crippen molar-refractivity contribution in [3.05, 3.63) is 0 Å². The Morgan fingerprint density at radius 3 is 1.73 bits per heavy atom. The van der Waals surface area contributed by atoms with Crippen molar-refractivity contribution in [1.82, 2.24) is 0 Å². The third-order valence-electron chi connectivity index (χ3n) is 2.21. The SMILES string of the molecule is C.CC.CC1CCC(C)(C)C1. The summed E-state index contributed by atoms with van der Waals surface area (Å²) in [6.07, 6.45) is 4.33. The lowest BCUT2D eigenvalue weighted by Gasteiger charge is -2.15. The van der Waals surface area contributed by atoms with Crippen LogP contribution in [0.15, 0.2) is 0 Å². The Bertz CT molecular complexity index is 82.0. The molecule has 0 nitrogen and oxygen atoms in total. The van der Waals surface area contributed by atoms with Gasteiger partial charge in [0.15, 0.2) is 0 Å². The molecule has 1 saturated carbocycles. The lowest BCUT2D eigenvalue weighted by Crippen LogP contribution is -2.03. The summed E-state index contributed by atoms with van der Waals surface area (Å²) >= 11 is 0. The van der Waals surface area contributed by atoms with Gasteiger partial charge in [-0.2, -0.15) is 0 Å². The topological polar surface area (TPSA) is 0 Å². The van der Waals surface area contributed by atoms with E-state index in [1.807, 2.05) is 13.8 Å². The van der Waals surface area contributed by atoms with Crippen LogP contribution >= 0.6 is 0 Å². The largest absolute Gasteiger partial charge is 0.0776 e. The van der Waals surface area contributed by atoms with Crippen LogP contribution in [-0.4, -0.2) is 0 Å². The van der Waals surface area contributed by atoms with Crippen molar-refractivity contribution in [1.29, 1.82) is 0 Å². The highest BCUT2D eigenvalue weighted by molar-refractivity contribution is 4.79. The van der Waals surface area contributed by atoms with E-state index >= 15 is 0 Å². The minimum atomic E-state index is 0. The van der Waals surface area contributed by atoms with E-state index in [-0.39, 0.29) is 7.43 Å². The van der Waals surface area contributed by atoms with Gasteiger partial charge in [0.2, 0.25) is 0 Å². The molecule has 0 saturated heterocycles. The summed E-state index contributed by atoms with van der Waals surface area (Å²) < 4.78 is 0. The molecule has 1 rings (SSSR count). The van der Waals surface area contributed by atoms with Gasteiger partial charge in [-0.25, -0.2) is 0 Å². The highest BCUT2D eigenvalue weighted by Crippen LogP contribution is 2.40. The van der Waals surface area contributed by atoms with Crippen LogP contribution in [0.3, 0.4) is 0 Å². The Morgan fingerprint density at radius 1 is 1.18 bits per heavy atom. The zero-order valence-corrected chi connectivity index (χ0v) is 8.20. The quantitative estimate of drug-likeness (QED) is 0.487. The summed E-state index contributed by atoms with van der Waals surface area (Å²) in [5, 5.41) is 0. The monoisotopic (exact) mass is 158 g/mol. The second-order valence-electron chi connectivity index (χ2n) is 4.01. The van der Waals surface area contributed by atoms with Crippen molar-refractivity contribution >= 4 is 0 Å².